The van der Waals surface area contributed by atoms with Crippen LogP contribution in [0.2, 0.25) is 0 Å². The van der Waals surface area contributed by atoms with E-state index in [-0.39, 0.29) is 50.8 Å². The molecule has 0 aliphatic rings. The fourth-order valence-electron chi connectivity index (χ4n) is 1.35. The summed E-state index contributed by atoms with van der Waals surface area (Å²) in [6.45, 7) is 1.43. The fourth-order valence-corrected chi connectivity index (χ4v) is 1.35. The maximum absolute atomic E-state index is 11.4. The lowest BCUT2D eigenvalue weighted by Gasteiger charge is -2.07. The third-order valence-electron chi connectivity index (χ3n) is 2.48. The maximum atomic E-state index is 11.4. The van der Waals surface area contributed by atoms with Gasteiger partial charge in [-0.15, -0.1) is 0 Å². The molecule has 0 aliphatic heterocycles. The molecule has 0 rings (SSSR count). The van der Waals surface area contributed by atoms with Gasteiger partial charge in [-0.1, -0.05) is 0 Å². The van der Waals surface area contributed by atoms with Gasteiger partial charge in [-0.25, -0.2) is 0 Å². The Morgan fingerprint density at radius 2 is 1.59 bits per heavy atom. The Kier molecular flexibility index (Phi) is 13.4. The van der Waals surface area contributed by atoms with Crippen molar-refractivity contribution in [3.63, 3.8) is 0 Å². The number of hydrogen-bond donors (Lipinski definition) is 4. The highest BCUT2D eigenvalue weighted by molar-refractivity contribution is 5.89. The molecule has 0 aliphatic carbocycles. The molecule has 0 atom stereocenters. The van der Waals surface area contributed by atoms with Gasteiger partial charge in [-0.05, 0) is 0 Å². The van der Waals surface area contributed by atoms with Crippen molar-refractivity contribution in [1.29, 1.82) is 0 Å². The second-order valence-electron chi connectivity index (χ2n) is 4.32. The largest absolute Gasteiger partial charge is 0.394 e. The highest BCUT2D eigenvalue weighted by Crippen LogP contribution is 1.90. The van der Waals surface area contributed by atoms with Crippen LogP contribution in [0, 0.1) is 0 Å². The average molecular weight is 319 g/mol. The topological polar surface area (TPSA) is 140 Å². The highest BCUT2D eigenvalue weighted by Gasteiger charge is 2.07. The number of Topliss-reactive ketones (excluding diaryl/α,β-unsaturated/α-hetero) is 1. The molecule has 0 aromatic rings. The molecule has 0 heterocycles. The number of aliphatic hydroxyl groups excluding tert-OH is 1. The quantitative estimate of drug-likeness (QED) is 0.261. The molecule has 0 radical (unpaired) electrons. The minimum absolute atomic E-state index is 0.0231. The molecule has 128 valence electrons. The molecule has 9 heteroatoms. The molecular weight excluding hydrogens is 294 g/mol. The Bertz CT molecular complexity index is 338. The van der Waals surface area contributed by atoms with Gasteiger partial charge in [0.15, 0.2) is 5.78 Å². The SMILES string of the molecule is NCC(=O)NCC(=O)CCC(=O)NCCOCCOCCO. The summed E-state index contributed by atoms with van der Waals surface area (Å²) in [4.78, 5) is 33.7. The number of carbonyl (C=O) groups excluding carboxylic acids is 3. The van der Waals surface area contributed by atoms with Crippen molar-refractivity contribution in [2.45, 2.75) is 12.8 Å². The van der Waals surface area contributed by atoms with E-state index in [0.29, 0.717) is 26.4 Å². The van der Waals surface area contributed by atoms with Crippen LogP contribution < -0.4 is 16.4 Å². The summed E-state index contributed by atoms with van der Waals surface area (Å²) in [5.41, 5.74) is 5.08. The van der Waals surface area contributed by atoms with Gasteiger partial charge in [-0.3, -0.25) is 14.4 Å². The van der Waals surface area contributed by atoms with Crippen molar-refractivity contribution in [1.82, 2.24) is 10.6 Å². The van der Waals surface area contributed by atoms with Gasteiger partial charge < -0.3 is 30.9 Å². The molecule has 2 amide bonds. The standard InChI is InChI=1S/C13H25N3O6/c14-9-13(20)16-10-11(18)1-2-12(19)15-3-5-21-7-8-22-6-4-17/h17H,1-10,14H2,(H,15,19)(H,16,20). The molecule has 22 heavy (non-hydrogen) atoms. The lowest BCUT2D eigenvalue weighted by atomic mass is 10.2. The van der Waals surface area contributed by atoms with Crippen molar-refractivity contribution in [3.8, 4) is 0 Å². The number of nitrogens with one attached hydrogen (secondary N) is 2. The second-order valence-corrected chi connectivity index (χ2v) is 4.32. The van der Waals surface area contributed by atoms with Gasteiger partial charge >= 0.3 is 0 Å². The van der Waals surface area contributed by atoms with Crippen molar-refractivity contribution in [2.75, 3.05) is 52.7 Å². The van der Waals surface area contributed by atoms with Crippen molar-refractivity contribution >= 4 is 17.6 Å². The van der Waals surface area contributed by atoms with Crippen LogP contribution in [0.15, 0.2) is 0 Å². The molecule has 0 saturated heterocycles. The molecule has 0 aromatic carbocycles. The van der Waals surface area contributed by atoms with Crippen molar-refractivity contribution < 1.29 is 29.0 Å². The predicted molar refractivity (Wildman–Crippen MR) is 78.0 cm³/mol. The number of amides is 2. The van der Waals surface area contributed by atoms with Crippen LogP contribution in [0.25, 0.3) is 0 Å². The van der Waals surface area contributed by atoms with Crippen LogP contribution in [0.4, 0.5) is 0 Å². The molecule has 0 bridgehead atoms. The summed E-state index contributed by atoms with van der Waals surface area (Å²) in [6, 6.07) is 0. The van der Waals surface area contributed by atoms with Gasteiger partial charge in [-0.2, -0.15) is 0 Å². The minimum atomic E-state index is -0.405. The Balaban J connectivity index is 3.42. The second kappa shape index (κ2) is 14.4. The molecule has 0 unspecified atom stereocenters. The number of carbonyl (C=O) groups is 3. The Morgan fingerprint density at radius 3 is 2.23 bits per heavy atom. The summed E-state index contributed by atoms with van der Waals surface area (Å²) in [5.74, 6) is -0.884. The van der Waals surface area contributed by atoms with Gasteiger partial charge in [0.05, 0.1) is 46.1 Å². The molecule has 0 spiro atoms. The summed E-state index contributed by atoms with van der Waals surface area (Å²) >= 11 is 0. The zero-order valence-corrected chi connectivity index (χ0v) is 12.6. The van der Waals surface area contributed by atoms with E-state index in [2.05, 4.69) is 10.6 Å². The highest BCUT2D eigenvalue weighted by atomic mass is 16.5. The summed E-state index contributed by atoms with van der Waals surface area (Å²) < 4.78 is 10.2. The molecule has 5 N–H and O–H groups in total. The number of rotatable bonds is 14. The first-order valence-electron chi connectivity index (χ1n) is 7.11. The first-order chi connectivity index (χ1) is 10.6. The van der Waals surface area contributed by atoms with Gasteiger partial charge in [0.2, 0.25) is 11.8 Å². The summed E-state index contributed by atoms with van der Waals surface area (Å²) in [5, 5.41) is 13.4. The number of ether oxygens (including phenoxy) is 2. The smallest absolute Gasteiger partial charge is 0.234 e. The maximum Gasteiger partial charge on any atom is 0.234 e. The molecule has 0 fully saturated rings. The van der Waals surface area contributed by atoms with Gasteiger partial charge in [0.1, 0.15) is 0 Å². The number of aliphatic hydroxyl groups is 1. The zero-order chi connectivity index (χ0) is 16.6. The van der Waals surface area contributed by atoms with E-state index in [9.17, 15) is 14.4 Å². The predicted octanol–water partition coefficient (Wildman–Crippen LogP) is -2.45. The van der Waals surface area contributed by atoms with E-state index in [1.165, 1.54) is 0 Å². The zero-order valence-electron chi connectivity index (χ0n) is 12.6. The number of hydrogen-bond acceptors (Lipinski definition) is 7. The van der Waals surface area contributed by atoms with Crippen molar-refractivity contribution in [3.05, 3.63) is 0 Å². The normalized spacial score (nSPS) is 10.3. The van der Waals surface area contributed by atoms with Crippen molar-refractivity contribution in [2.24, 2.45) is 5.73 Å². The molecule has 0 aromatic heterocycles. The summed E-state index contributed by atoms with van der Waals surface area (Å²) in [6.07, 6.45) is 0.128. The van der Waals surface area contributed by atoms with Crippen LogP contribution in [0.1, 0.15) is 12.8 Å². The van der Waals surface area contributed by atoms with Crippen LogP contribution in [-0.4, -0.2) is 75.4 Å². The monoisotopic (exact) mass is 319 g/mol. The Labute approximate surface area is 129 Å². The van der Waals surface area contributed by atoms with E-state index in [1.54, 1.807) is 0 Å². The van der Waals surface area contributed by atoms with E-state index in [1.807, 2.05) is 0 Å². The lowest BCUT2D eigenvalue weighted by molar-refractivity contribution is -0.126. The molecule has 9 nitrogen and oxygen atoms in total. The fraction of sp³-hybridized carbons (Fsp3) is 0.769. The lowest BCUT2D eigenvalue weighted by Crippen LogP contribution is -2.35. The average Bonchev–Trinajstić information content (AvgIpc) is 2.53. The van der Waals surface area contributed by atoms with E-state index >= 15 is 0 Å². The van der Waals surface area contributed by atoms with Gasteiger partial charge in [0.25, 0.3) is 0 Å². The van der Waals surface area contributed by atoms with Crippen LogP contribution in [-0.2, 0) is 23.9 Å². The molecule has 0 saturated carbocycles. The molecular formula is C13H25N3O6. The van der Waals surface area contributed by atoms with E-state index in [4.69, 9.17) is 20.3 Å². The number of ketones is 1. The van der Waals surface area contributed by atoms with Crippen LogP contribution in [0.3, 0.4) is 0 Å². The van der Waals surface area contributed by atoms with E-state index in [0.717, 1.165) is 0 Å². The third kappa shape index (κ3) is 13.4. The van der Waals surface area contributed by atoms with E-state index < -0.39 is 5.91 Å². The minimum Gasteiger partial charge on any atom is -0.394 e. The Hall–Kier alpha value is -1.55. The number of nitrogens with two attached hydrogens (primary N) is 1. The van der Waals surface area contributed by atoms with Crippen LogP contribution >= 0.6 is 0 Å². The van der Waals surface area contributed by atoms with Gasteiger partial charge in [0, 0.05) is 19.4 Å². The first kappa shape index (κ1) is 20.5. The summed E-state index contributed by atoms with van der Waals surface area (Å²) in [7, 11) is 0. The van der Waals surface area contributed by atoms with Crippen LogP contribution in [0.5, 0.6) is 0 Å². The third-order valence-corrected chi connectivity index (χ3v) is 2.48. The Morgan fingerprint density at radius 1 is 0.909 bits per heavy atom. The first-order valence-corrected chi connectivity index (χ1v) is 7.11.